The molecule has 2 aromatic heterocycles. The van der Waals surface area contributed by atoms with Crippen LogP contribution in [0.4, 0.5) is 5.95 Å². The Morgan fingerprint density at radius 1 is 1.38 bits per heavy atom. The van der Waals surface area contributed by atoms with Crippen molar-refractivity contribution in [3.05, 3.63) is 23.1 Å². The van der Waals surface area contributed by atoms with Crippen LogP contribution >= 0.6 is 0 Å². The number of aliphatic hydroxyl groups is 1. The fourth-order valence-electron chi connectivity index (χ4n) is 1.79. The summed E-state index contributed by atoms with van der Waals surface area (Å²) < 4.78 is 32.0. The molecule has 10 heteroatoms. The summed E-state index contributed by atoms with van der Waals surface area (Å²) in [7, 11) is -2.55. The van der Waals surface area contributed by atoms with E-state index in [1.807, 2.05) is 0 Å². The zero-order chi connectivity index (χ0) is 15.6. The third-order valence-electron chi connectivity index (χ3n) is 2.65. The van der Waals surface area contributed by atoms with Crippen molar-refractivity contribution in [1.82, 2.24) is 20.2 Å². The van der Waals surface area contributed by atoms with E-state index in [0.29, 0.717) is 11.4 Å². The molecule has 9 nitrogen and oxygen atoms in total. The standard InChI is InChI=1S/C11H15N5O4S/c1-6-4-9(20-3)13-11(12-6)16-21(18,19)10-7(2)14-15-8(10)5-17/h4,17H,5H2,1-3H3,(H,14,15)(H,12,13,16). The maximum atomic E-state index is 12.4. The van der Waals surface area contributed by atoms with E-state index in [0.717, 1.165) is 0 Å². The third kappa shape index (κ3) is 3.11. The molecule has 0 aromatic carbocycles. The van der Waals surface area contributed by atoms with Gasteiger partial charge in [-0.1, -0.05) is 0 Å². The highest BCUT2D eigenvalue weighted by Crippen LogP contribution is 2.21. The van der Waals surface area contributed by atoms with Crippen LogP contribution in [0.5, 0.6) is 5.88 Å². The first-order valence-electron chi connectivity index (χ1n) is 5.94. The molecule has 3 N–H and O–H groups in total. The van der Waals surface area contributed by atoms with Crippen LogP contribution in [0.1, 0.15) is 17.1 Å². The van der Waals surface area contributed by atoms with Gasteiger partial charge >= 0.3 is 0 Å². The largest absolute Gasteiger partial charge is 0.481 e. The number of nitrogens with one attached hydrogen (secondary N) is 2. The van der Waals surface area contributed by atoms with Gasteiger partial charge < -0.3 is 9.84 Å². The summed E-state index contributed by atoms with van der Waals surface area (Å²) in [5, 5.41) is 15.4. The van der Waals surface area contributed by atoms with E-state index in [1.165, 1.54) is 7.11 Å². The van der Waals surface area contributed by atoms with Gasteiger partial charge in [0.05, 0.1) is 19.4 Å². The van der Waals surface area contributed by atoms with Gasteiger partial charge in [-0.2, -0.15) is 10.1 Å². The van der Waals surface area contributed by atoms with Crippen LogP contribution in [0.3, 0.4) is 0 Å². The molecule has 0 unspecified atom stereocenters. The first-order chi connectivity index (χ1) is 9.87. The topological polar surface area (TPSA) is 130 Å². The Morgan fingerprint density at radius 2 is 2.10 bits per heavy atom. The lowest BCUT2D eigenvalue weighted by Gasteiger charge is -2.09. The molecule has 0 spiro atoms. The number of aliphatic hydroxyl groups excluding tert-OH is 1. The highest BCUT2D eigenvalue weighted by Gasteiger charge is 2.25. The third-order valence-corrected chi connectivity index (χ3v) is 4.18. The first kappa shape index (κ1) is 15.2. The van der Waals surface area contributed by atoms with Crippen molar-refractivity contribution in [3.63, 3.8) is 0 Å². The summed E-state index contributed by atoms with van der Waals surface area (Å²) in [5.41, 5.74) is 0.886. The molecule has 2 heterocycles. The fraction of sp³-hybridized carbons (Fsp3) is 0.364. The SMILES string of the molecule is COc1cc(C)nc(NS(=O)(=O)c2c(CO)n[nH]c2C)n1. The molecule has 2 aromatic rings. The molecule has 0 atom stereocenters. The summed E-state index contributed by atoms with van der Waals surface area (Å²) >= 11 is 0. The molecule has 0 bridgehead atoms. The number of methoxy groups -OCH3 is 1. The number of hydrogen-bond acceptors (Lipinski definition) is 7. The lowest BCUT2D eigenvalue weighted by Crippen LogP contribution is -2.17. The zero-order valence-electron chi connectivity index (χ0n) is 11.7. The van der Waals surface area contributed by atoms with Crippen LogP contribution < -0.4 is 9.46 Å². The zero-order valence-corrected chi connectivity index (χ0v) is 12.5. The van der Waals surface area contributed by atoms with Crippen LogP contribution in [0.15, 0.2) is 11.0 Å². The van der Waals surface area contributed by atoms with Gasteiger partial charge in [0.1, 0.15) is 10.6 Å². The quantitative estimate of drug-likeness (QED) is 0.714. The van der Waals surface area contributed by atoms with E-state index in [9.17, 15) is 8.42 Å². The number of nitrogens with zero attached hydrogens (tertiary/aromatic N) is 3. The van der Waals surface area contributed by atoms with Crippen molar-refractivity contribution in [3.8, 4) is 5.88 Å². The second-order valence-electron chi connectivity index (χ2n) is 4.26. The number of aromatic amines is 1. The van der Waals surface area contributed by atoms with Gasteiger partial charge in [0, 0.05) is 11.8 Å². The van der Waals surface area contributed by atoms with Gasteiger partial charge in [-0.05, 0) is 13.8 Å². The molecule has 0 saturated carbocycles. The Hall–Kier alpha value is -2.20. The fourth-order valence-corrected chi connectivity index (χ4v) is 3.10. The van der Waals surface area contributed by atoms with Crippen LogP contribution in [0.25, 0.3) is 0 Å². The molecule has 0 fully saturated rings. The molecular weight excluding hydrogens is 298 g/mol. The molecule has 0 aliphatic rings. The van der Waals surface area contributed by atoms with E-state index < -0.39 is 16.6 Å². The predicted molar refractivity (Wildman–Crippen MR) is 73.4 cm³/mol. The Morgan fingerprint density at radius 3 is 2.71 bits per heavy atom. The maximum Gasteiger partial charge on any atom is 0.267 e. The average Bonchev–Trinajstić information content (AvgIpc) is 2.79. The van der Waals surface area contributed by atoms with Gasteiger partial charge in [0.25, 0.3) is 10.0 Å². The summed E-state index contributed by atoms with van der Waals surface area (Å²) in [6.07, 6.45) is 0. The van der Waals surface area contributed by atoms with Gasteiger partial charge in [-0.25, -0.2) is 18.1 Å². The van der Waals surface area contributed by atoms with Crippen molar-refractivity contribution in [2.45, 2.75) is 25.3 Å². The molecule has 21 heavy (non-hydrogen) atoms. The van der Waals surface area contributed by atoms with Crippen LogP contribution in [0.2, 0.25) is 0 Å². The summed E-state index contributed by atoms with van der Waals surface area (Å²) in [6, 6.07) is 1.57. The van der Waals surface area contributed by atoms with Crippen LogP contribution in [-0.2, 0) is 16.6 Å². The number of aryl methyl sites for hydroxylation is 2. The van der Waals surface area contributed by atoms with E-state index in [4.69, 9.17) is 9.84 Å². The molecule has 0 saturated heterocycles. The molecule has 2 rings (SSSR count). The number of aromatic nitrogens is 4. The minimum absolute atomic E-state index is 0.0274. The summed E-state index contributed by atoms with van der Waals surface area (Å²) in [5.74, 6) is 0.128. The monoisotopic (exact) mass is 313 g/mol. The Kier molecular flexibility index (Phi) is 4.09. The van der Waals surface area contributed by atoms with Crippen molar-refractivity contribution in [2.24, 2.45) is 0 Å². The second kappa shape index (κ2) is 5.66. The highest BCUT2D eigenvalue weighted by atomic mass is 32.2. The van der Waals surface area contributed by atoms with E-state index in [1.54, 1.807) is 19.9 Å². The predicted octanol–water partition coefficient (Wildman–Crippen LogP) is 0.118. The smallest absolute Gasteiger partial charge is 0.267 e. The number of sulfonamides is 1. The average molecular weight is 313 g/mol. The lowest BCUT2D eigenvalue weighted by atomic mass is 10.4. The normalized spacial score (nSPS) is 11.4. The molecule has 0 aliphatic heterocycles. The van der Waals surface area contributed by atoms with Crippen LogP contribution in [-0.4, -0.2) is 40.8 Å². The molecular formula is C11H15N5O4S. The maximum absolute atomic E-state index is 12.4. The van der Waals surface area contributed by atoms with Crippen molar-refractivity contribution in [2.75, 3.05) is 11.8 Å². The van der Waals surface area contributed by atoms with Gasteiger partial charge in [-0.15, -0.1) is 0 Å². The van der Waals surface area contributed by atoms with E-state index in [-0.39, 0.29) is 22.4 Å². The summed E-state index contributed by atoms with van der Waals surface area (Å²) in [6.45, 7) is 2.72. The minimum atomic E-state index is -3.97. The molecule has 114 valence electrons. The molecule has 0 radical (unpaired) electrons. The van der Waals surface area contributed by atoms with Gasteiger partial charge in [-0.3, -0.25) is 5.10 Å². The minimum Gasteiger partial charge on any atom is -0.481 e. The molecule has 0 aliphatic carbocycles. The Bertz CT molecular complexity index is 756. The lowest BCUT2D eigenvalue weighted by molar-refractivity contribution is 0.273. The number of H-pyrrole nitrogens is 1. The van der Waals surface area contributed by atoms with Gasteiger partial charge in [0.2, 0.25) is 11.8 Å². The van der Waals surface area contributed by atoms with Crippen molar-refractivity contribution in [1.29, 1.82) is 0 Å². The Labute approximate surface area is 121 Å². The number of hydrogen-bond donors (Lipinski definition) is 3. The molecule has 0 amide bonds. The summed E-state index contributed by atoms with van der Waals surface area (Å²) in [4.78, 5) is 7.79. The van der Waals surface area contributed by atoms with Crippen molar-refractivity contribution >= 4 is 16.0 Å². The highest BCUT2D eigenvalue weighted by molar-refractivity contribution is 7.92. The van der Waals surface area contributed by atoms with Gasteiger partial charge in [0.15, 0.2) is 0 Å². The first-order valence-corrected chi connectivity index (χ1v) is 7.43. The van der Waals surface area contributed by atoms with Crippen molar-refractivity contribution < 1.29 is 18.3 Å². The number of rotatable bonds is 5. The Balaban J connectivity index is 2.42. The van der Waals surface area contributed by atoms with E-state index in [2.05, 4.69) is 24.9 Å². The second-order valence-corrected chi connectivity index (χ2v) is 5.88. The van der Waals surface area contributed by atoms with E-state index >= 15 is 0 Å². The van der Waals surface area contributed by atoms with Crippen LogP contribution in [0, 0.1) is 13.8 Å². The number of anilines is 1. The number of ether oxygens (including phenoxy) is 1.